The van der Waals surface area contributed by atoms with E-state index in [1.54, 1.807) is 6.07 Å². The third-order valence-corrected chi connectivity index (χ3v) is 6.54. The van der Waals surface area contributed by atoms with Gasteiger partial charge in [-0.25, -0.2) is 4.98 Å². The van der Waals surface area contributed by atoms with Crippen LogP contribution in [-0.4, -0.2) is 16.0 Å². The smallest absolute Gasteiger partial charge is 0.270 e. The molecule has 0 aliphatic carbocycles. The fourth-order valence-electron chi connectivity index (χ4n) is 4.60. The molecule has 3 N–H and O–H groups in total. The van der Waals surface area contributed by atoms with Gasteiger partial charge in [-0.05, 0) is 59.0 Å². The standard InChI is InChI=1S/C31H24N4O2/c32-30-25-15-13-23(19-29(25)37-35-30)22-10-6-11-24(18-22)28(17-20-7-2-1-3-8-20)34-31(36)27-16-14-21-9-4-5-12-26(21)33-27/h1-16,18-19,28H,17H2,(H2,32,35)(H,34,36). The number of pyridine rings is 1. The highest BCUT2D eigenvalue weighted by Crippen LogP contribution is 2.30. The van der Waals surface area contributed by atoms with Gasteiger partial charge in [0.15, 0.2) is 11.4 Å². The monoisotopic (exact) mass is 484 g/mol. The van der Waals surface area contributed by atoms with Crippen molar-refractivity contribution in [3.8, 4) is 11.1 Å². The van der Waals surface area contributed by atoms with E-state index in [1.165, 1.54) is 0 Å². The number of hydrogen-bond acceptors (Lipinski definition) is 5. The van der Waals surface area contributed by atoms with Gasteiger partial charge in [0.2, 0.25) is 0 Å². The highest BCUT2D eigenvalue weighted by molar-refractivity contribution is 5.95. The van der Waals surface area contributed by atoms with E-state index in [9.17, 15) is 4.79 Å². The van der Waals surface area contributed by atoms with Gasteiger partial charge >= 0.3 is 0 Å². The van der Waals surface area contributed by atoms with Crippen LogP contribution >= 0.6 is 0 Å². The van der Waals surface area contributed by atoms with Crippen molar-refractivity contribution in [2.75, 3.05) is 5.73 Å². The molecule has 0 radical (unpaired) electrons. The Morgan fingerprint density at radius 3 is 2.54 bits per heavy atom. The molecule has 4 aromatic carbocycles. The largest absolute Gasteiger partial charge is 0.380 e. The summed E-state index contributed by atoms with van der Waals surface area (Å²) < 4.78 is 5.36. The van der Waals surface area contributed by atoms with Crippen LogP contribution in [0.5, 0.6) is 0 Å². The van der Waals surface area contributed by atoms with Crippen LogP contribution in [0.2, 0.25) is 0 Å². The van der Waals surface area contributed by atoms with Crippen LogP contribution < -0.4 is 11.1 Å². The third kappa shape index (κ3) is 4.65. The van der Waals surface area contributed by atoms with Gasteiger partial charge < -0.3 is 15.6 Å². The van der Waals surface area contributed by atoms with Crippen molar-refractivity contribution in [3.63, 3.8) is 0 Å². The van der Waals surface area contributed by atoms with Gasteiger partial charge in [0.25, 0.3) is 5.91 Å². The summed E-state index contributed by atoms with van der Waals surface area (Å²) >= 11 is 0. The molecular formula is C31H24N4O2. The summed E-state index contributed by atoms with van der Waals surface area (Å²) in [7, 11) is 0. The average molecular weight is 485 g/mol. The molecule has 0 fully saturated rings. The Kier molecular flexibility index (Phi) is 5.83. The highest BCUT2D eigenvalue weighted by atomic mass is 16.5. The molecule has 6 aromatic rings. The van der Waals surface area contributed by atoms with E-state index in [1.807, 2.05) is 84.9 Å². The minimum atomic E-state index is -0.257. The molecule has 1 amide bonds. The van der Waals surface area contributed by atoms with E-state index in [4.69, 9.17) is 10.3 Å². The number of hydrogen-bond donors (Lipinski definition) is 2. The molecular weight excluding hydrogens is 460 g/mol. The number of para-hydroxylation sites is 1. The Bertz CT molecular complexity index is 1730. The zero-order valence-electron chi connectivity index (χ0n) is 20.0. The molecule has 37 heavy (non-hydrogen) atoms. The van der Waals surface area contributed by atoms with Gasteiger partial charge in [0.1, 0.15) is 5.69 Å². The van der Waals surface area contributed by atoms with E-state index in [0.717, 1.165) is 38.5 Å². The fourth-order valence-corrected chi connectivity index (χ4v) is 4.60. The number of benzene rings is 4. The summed E-state index contributed by atoms with van der Waals surface area (Å²) in [5.41, 5.74) is 11.8. The van der Waals surface area contributed by atoms with Crippen LogP contribution in [0.4, 0.5) is 5.82 Å². The molecule has 6 heteroatoms. The van der Waals surface area contributed by atoms with Crippen molar-refractivity contribution in [1.82, 2.24) is 15.5 Å². The third-order valence-electron chi connectivity index (χ3n) is 6.54. The summed E-state index contributed by atoms with van der Waals surface area (Å²) in [4.78, 5) is 17.9. The molecule has 1 unspecified atom stereocenters. The minimum absolute atomic E-state index is 0.212. The zero-order valence-corrected chi connectivity index (χ0v) is 20.0. The van der Waals surface area contributed by atoms with Gasteiger partial charge in [0.05, 0.1) is 16.9 Å². The predicted octanol–water partition coefficient (Wildman–Crippen LogP) is 6.34. The van der Waals surface area contributed by atoms with E-state index < -0.39 is 0 Å². The van der Waals surface area contributed by atoms with Gasteiger partial charge in [0, 0.05) is 5.39 Å². The first-order valence-electron chi connectivity index (χ1n) is 12.1. The van der Waals surface area contributed by atoms with Crippen LogP contribution in [0.15, 0.2) is 114 Å². The van der Waals surface area contributed by atoms with Crippen LogP contribution in [-0.2, 0) is 6.42 Å². The number of fused-ring (bicyclic) bond motifs is 2. The SMILES string of the molecule is Nc1noc2cc(-c3cccc(C(Cc4ccccc4)NC(=O)c4ccc5ccccc5n4)c3)ccc12. The van der Waals surface area contributed by atoms with Crippen molar-refractivity contribution in [2.45, 2.75) is 12.5 Å². The Morgan fingerprint density at radius 1 is 0.838 bits per heavy atom. The summed E-state index contributed by atoms with van der Waals surface area (Å²) in [6.07, 6.45) is 0.640. The maximum absolute atomic E-state index is 13.4. The van der Waals surface area contributed by atoms with Crippen molar-refractivity contribution < 1.29 is 9.32 Å². The fraction of sp³-hybridized carbons (Fsp3) is 0.0645. The quantitative estimate of drug-likeness (QED) is 0.288. The first-order chi connectivity index (χ1) is 18.1. The number of carbonyl (C=O) groups excluding carboxylic acids is 1. The molecule has 0 aliphatic heterocycles. The second-order valence-electron chi connectivity index (χ2n) is 9.01. The number of amides is 1. The molecule has 1 atom stereocenters. The molecule has 2 heterocycles. The topological polar surface area (TPSA) is 94.0 Å². The number of carbonyl (C=O) groups is 1. The summed E-state index contributed by atoms with van der Waals surface area (Å²) in [6.45, 7) is 0. The first kappa shape index (κ1) is 22.5. The molecule has 6 nitrogen and oxygen atoms in total. The lowest BCUT2D eigenvalue weighted by Gasteiger charge is -2.20. The Balaban J connectivity index is 1.34. The molecule has 2 aromatic heterocycles. The van der Waals surface area contributed by atoms with Crippen LogP contribution in [0.25, 0.3) is 33.0 Å². The molecule has 0 aliphatic rings. The summed E-state index contributed by atoms with van der Waals surface area (Å²) in [6, 6.07) is 35.4. The van der Waals surface area contributed by atoms with E-state index >= 15 is 0 Å². The van der Waals surface area contributed by atoms with Crippen molar-refractivity contribution in [3.05, 3.63) is 126 Å². The molecule has 0 saturated heterocycles. The number of nitrogens with two attached hydrogens (primary N) is 1. The first-order valence-corrected chi connectivity index (χ1v) is 12.1. The Morgan fingerprint density at radius 2 is 1.65 bits per heavy atom. The lowest BCUT2D eigenvalue weighted by Crippen LogP contribution is -2.30. The number of anilines is 1. The summed E-state index contributed by atoms with van der Waals surface area (Å²) in [5, 5.41) is 8.87. The van der Waals surface area contributed by atoms with E-state index in [2.05, 4.69) is 33.7 Å². The van der Waals surface area contributed by atoms with Crippen LogP contribution in [0, 0.1) is 0 Å². The second kappa shape index (κ2) is 9.59. The Hall–Kier alpha value is -4.97. The number of rotatable bonds is 6. The Labute approximate surface area is 213 Å². The van der Waals surface area contributed by atoms with Gasteiger partial charge in [-0.2, -0.15) is 0 Å². The number of nitrogens with one attached hydrogen (secondary N) is 1. The number of nitrogens with zero attached hydrogens (tertiary/aromatic N) is 2. The van der Waals surface area contributed by atoms with Crippen LogP contribution in [0.1, 0.15) is 27.7 Å². The predicted molar refractivity (Wildman–Crippen MR) is 146 cm³/mol. The van der Waals surface area contributed by atoms with E-state index in [0.29, 0.717) is 23.5 Å². The maximum atomic E-state index is 13.4. The van der Waals surface area contributed by atoms with Crippen molar-refractivity contribution in [2.24, 2.45) is 0 Å². The van der Waals surface area contributed by atoms with Crippen LogP contribution in [0.3, 0.4) is 0 Å². The molecule has 0 bridgehead atoms. The van der Waals surface area contributed by atoms with Gasteiger partial charge in [-0.15, -0.1) is 0 Å². The molecule has 0 saturated carbocycles. The molecule has 0 spiro atoms. The highest BCUT2D eigenvalue weighted by Gasteiger charge is 2.19. The van der Waals surface area contributed by atoms with Crippen molar-refractivity contribution in [1.29, 1.82) is 0 Å². The lowest BCUT2D eigenvalue weighted by atomic mass is 9.95. The zero-order chi connectivity index (χ0) is 25.2. The van der Waals surface area contributed by atoms with Crippen molar-refractivity contribution >= 4 is 33.6 Å². The normalized spacial score (nSPS) is 12.0. The lowest BCUT2D eigenvalue weighted by molar-refractivity contribution is 0.0932. The second-order valence-corrected chi connectivity index (χ2v) is 9.01. The number of nitrogen functional groups attached to an aromatic ring is 1. The minimum Gasteiger partial charge on any atom is -0.380 e. The maximum Gasteiger partial charge on any atom is 0.270 e. The van der Waals surface area contributed by atoms with Gasteiger partial charge in [-0.3, -0.25) is 4.79 Å². The molecule has 180 valence electrons. The van der Waals surface area contributed by atoms with E-state index in [-0.39, 0.29) is 11.9 Å². The average Bonchev–Trinajstić information content (AvgIpc) is 3.33. The molecule has 6 rings (SSSR count). The van der Waals surface area contributed by atoms with Gasteiger partial charge in [-0.1, -0.05) is 84.0 Å². The summed E-state index contributed by atoms with van der Waals surface area (Å²) in [5.74, 6) is 0.166. The number of aromatic nitrogens is 2.